The van der Waals surface area contributed by atoms with Gasteiger partial charge in [-0.25, -0.2) is 0 Å². The molecular weight excluding hydrogens is 719 g/mol. The molecule has 0 aromatic carbocycles. The first-order valence-electron chi connectivity index (χ1n) is 25.9. The van der Waals surface area contributed by atoms with Crippen LogP contribution in [0.1, 0.15) is 284 Å². The molecule has 0 aliphatic heterocycles. The number of carbonyl (C=O) groups excluding carboxylic acids is 2. The minimum atomic E-state index is -0.788. The van der Waals surface area contributed by atoms with Gasteiger partial charge in [0.05, 0.1) is 25.2 Å². The number of ether oxygens (including phenoxy) is 1. The number of hydrogen-bond acceptors (Lipinski definition) is 5. The molecule has 0 aromatic heterocycles. The summed E-state index contributed by atoms with van der Waals surface area (Å²) >= 11 is 0. The van der Waals surface area contributed by atoms with E-state index in [1.54, 1.807) is 0 Å². The highest BCUT2D eigenvalue weighted by atomic mass is 16.5. The van der Waals surface area contributed by atoms with E-state index in [4.69, 9.17) is 4.74 Å². The maximum atomic E-state index is 13.2. The molecule has 0 bridgehead atoms. The summed E-state index contributed by atoms with van der Waals surface area (Å²) in [6.07, 6.45) is 51.3. The molecule has 0 heterocycles. The van der Waals surface area contributed by atoms with E-state index >= 15 is 0 Å². The Hall–Kier alpha value is -1.40. The molecule has 0 radical (unpaired) electrons. The van der Waals surface area contributed by atoms with Gasteiger partial charge in [-0.05, 0) is 44.9 Å². The molecule has 3 N–H and O–H groups in total. The summed E-state index contributed by atoms with van der Waals surface area (Å²) in [5.74, 6) is -0.487. The number of nitrogens with one attached hydrogen (secondary N) is 1. The number of aliphatic hydroxyl groups is 2. The normalized spacial score (nSPS) is 13.3. The van der Waals surface area contributed by atoms with Gasteiger partial charge in [-0.15, -0.1) is 0 Å². The van der Waals surface area contributed by atoms with Crippen molar-refractivity contribution in [3.8, 4) is 0 Å². The summed E-state index contributed by atoms with van der Waals surface area (Å²) in [5.41, 5.74) is 0. The molecule has 58 heavy (non-hydrogen) atoms. The highest BCUT2D eigenvalue weighted by Crippen LogP contribution is 2.18. The van der Waals surface area contributed by atoms with E-state index in [9.17, 15) is 19.8 Å². The number of carbonyl (C=O) groups is 2. The number of amides is 1. The molecule has 0 fully saturated rings. The predicted molar refractivity (Wildman–Crippen MR) is 250 cm³/mol. The number of esters is 1. The molecule has 3 unspecified atom stereocenters. The summed E-state index contributed by atoms with van der Waals surface area (Å²) in [7, 11) is 0. The third-order valence-corrected chi connectivity index (χ3v) is 12.1. The molecular formula is C52H101NO5. The SMILES string of the molecule is CCCCCCCC/C=C\CCCC(CC(=O)NC(CO)C(O)CCCCCCCCCCCCCCCC)OC(=O)CCCCCCCCCCCCCCCC. The fourth-order valence-electron chi connectivity index (χ4n) is 8.14. The minimum absolute atomic E-state index is 0.0635. The van der Waals surface area contributed by atoms with Crippen LogP contribution in [0.15, 0.2) is 12.2 Å². The maximum absolute atomic E-state index is 13.2. The van der Waals surface area contributed by atoms with E-state index in [0.29, 0.717) is 19.3 Å². The largest absolute Gasteiger partial charge is 0.462 e. The molecule has 0 aliphatic carbocycles. The van der Waals surface area contributed by atoms with Crippen molar-refractivity contribution in [3.05, 3.63) is 12.2 Å². The van der Waals surface area contributed by atoms with Gasteiger partial charge in [0, 0.05) is 6.42 Å². The first kappa shape index (κ1) is 56.6. The highest BCUT2D eigenvalue weighted by Gasteiger charge is 2.24. The molecule has 0 rings (SSSR count). The number of hydrogen-bond donors (Lipinski definition) is 3. The molecule has 0 saturated carbocycles. The van der Waals surface area contributed by atoms with Crippen LogP contribution < -0.4 is 5.32 Å². The average Bonchev–Trinajstić information content (AvgIpc) is 3.22. The number of aliphatic hydroxyl groups excluding tert-OH is 2. The Morgan fingerprint density at radius 2 is 0.845 bits per heavy atom. The smallest absolute Gasteiger partial charge is 0.306 e. The van der Waals surface area contributed by atoms with E-state index < -0.39 is 18.2 Å². The summed E-state index contributed by atoms with van der Waals surface area (Å²) in [6, 6.07) is -0.703. The Kier molecular flexibility index (Phi) is 45.5. The van der Waals surface area contributed by atoms with Crippen LogP contribution in [0.25, 0.3) is 0 Å². The van der Waals surface area contributed by atoms with Crippen LogP contribution in [0, 0.1) is 0 Å². The Morgan fingerprint density at radius 3 is 1.26 bits per heavy atom. The molecule has 0 aliphatic rings. The third-order valence-electron chi connectivity index (χ3n) is 12.1. The van der Waals surface area contributed by atoms with Gasteiger partial charge in [-0.3, -0.25) is 9.59 Å². The van der Waals surface area contributed by atoms with Crippen molar-refractivity contribution in [1.29, 1.82) is 0 Å². The van der Waals surface area contributed by atoms with Gasteiger partial charge < -0.3 is 20.3 Å². The number of rotatable bonds is 47. The van der Waals surface area contributed by atoms with Crippen LogP contribution in [-0.2, 0) is 14.3 Å². The van der Waals surface area contributed by atoms with Crippen molar-refractivity contribution in [2.45, 2.75) is 302 Å². The van der Waals surface area contributed by atoms with Crippen molar-refractivity contribution < 1.29 is 24.5 Å². The van der Waals surface area contributed by atoms with Crippen molar-refractivity contribution in [3.63, 3.8) is 0 Å². The second kappa shape index (κ2) is 46.7. The second-order valence-electron chi connectivity index (χ2n) is 17.9. The highest BCUT2D eigenvalue weighted by molar-refractivity contribution is 5.77. The maximum Gasteiger partial charge on any atom is 0.306 e. The van der Waals surface area contributed by atoms with E-state index in [1.807, 2.05) is 0 Å². The van der Waals surface area contributed by atoms with Crippen molar-refractivity contribution >= 4 is 11.9 Å². The van der Waals surface area contributed by atoms with Gasteiger partial charge in [0.25, 0.3) is 0 Å². The lowest BCUT2D eigenvalue weighted by Crippen LogP contribution is -2.46. The first-order valence-corrected chi connectivity index (χ1v) is 25.9. The fraction of sp³-hybridized carbons (Fsp3) is 0.923. The Labute approximate surface area is 361 Å². The Bertz CT molecular complexity index is 878. The van der Waals surface area contributed by atoms with Gasteiger partial charge in [0.2, 0.25) is 5.91 Å². The lowest BCUT2D eigenvalue weighted by molar-refractivity contribution is -0.151. The van der Waals surface area contributed by atoms with Crippen molar-refractivity contribution in [2.24, 2.45) is 0 Å². The molecule has 0 aromatic rings. The second-order valence-corrected chi connectivity index (χ2v) is 17.9. The third kappa shape index (κ3) is 41.3. The van der Waals surface area contributed by atoms with E-state index in [0.717, 1.165) is 51.4 Å². The quantitative estimate of drug-likeness (QED) is 0.0323. The summed E-state index contributed by atoms with van der Waals surface area (Å²) in [6.45, 7) is 6.49. The van der Waals surface area contributed by atoms with Crippen LogP contribution in [-0.4, -0.2) is 46.9 Å². The number of allylic oxidation sites excluding steroid dienone is 2. The lowest BCUT2D eigenvalue weighted by Gasteiger charge is -2.24. The standard InChI is InChI=1S/C52H101NO5/c1-4-7-10-13-16-19-22-24-26-29-32-35-38-41-44-50(55)49(47-54)53-51(56)46-48(43-40-37-34-31-28-21-18-15-12-9-6-3)58-52(57)45-42-39-36-33-30-27-25-23-20-17-14-11-8-5-2/h31,34,48-50,54-55H,4-30,32-33,35-47H2,1-3H3,(H,53,56)/b34-31-. The van der Waals surface area contributed by atoms with Gasteiger partial charge in [-0.1, -0.05) is 238 Å². The Morgan fingerprint density at radius 1 is 0.483 bits per heavy atom. The zero-order valence-electron chi connectivity index (χ0n) is 39.2. The molecule has 6 nitrogen and oxygen atoms in total. The van der Waals surface area contributed by atoms with Crippen molar-refractivity contribution in [1.82, 2.24) is 5.32 Å². The lowest BCUT2D eigenvalue weighted by atomic mass is 10.0. The summed E-state index contributed by atoms with van der Waals surface area (Å²) in [5, 5.41) is 23.7. The van der Waals surface area contributed by atoms with Crippen LogP contribution in [0.4, 0.5) is 0 Å². The predicted octanol–water partition coefficient (Wildman–Crippen LogP) is 15.3. The van der Waals surface area contributed by atoms with E-state index in [2.05, 4.69) is 38.2 Å². The summed E-state index contributed by atoms with van der Waals surface area (Å²) in [4.78, 5) is 26.1. The van der Waals surface area contributed by atoms with Crippen LogP contribution in [0.5, 0.6) is 0 Å². The van der Waals surface area contributed by atoms with Gasteiger partial charge >= 0.3 is 5.97 Å². The molecule has 3 atom stereocenters. The van der Waals surface area contributed by atoms with Crippen LogP contribution >= 0.6 is 0 Å². The Balaban J connectivity index is 4.51. The molecule has 344 valence electrons. The molecule has 1 amide bonds. The van der Waals surface area contributed by atoms with Gasteiger partial charge in [0.1, 0.15) is 6.10 Å². The minimum Gasteiger partial charge on any atom is -0.462 e. The van der Waals surface area contributed by atoms with Gasteiger partial charge in [0.15, 0.2) is 0 Å². The van der Waals surface area contributed by atoms with Gasteiger partial charge in [-0.2, -0.15) is 0 Å². The molecule has 6 heteroatoms. The first-order chi connectivity index (χ1) is 28.5. The fourth-order valence-corrected chi connectivity index (χ4v) is 8.14. The summed E-state index contributed by atoms with van der Waals surface area (Å²) < 4.78 is 5.91. The number of unbranched alkanes of at least 4 members (excludes halogenated alkanes) is 33. The topological polar surface area (TPSA) is 95.9 Å². The van der Waals surface area contributed by atoms with E-state index in [1.165, 1.54) is 186 Å². The molecule has 0 saturated heterocycles. The van der Waals surface area contributed by atoms with Crippen LogP contribution in [0.3, 0.4) is 0 Å². The average molecular weight is 820 g/mol. The molecule has 0 spiro atoms. The van der Waals surface area contributed by atoms with E-state index in [-0.39, 0.29) is 24.9 Å². The zero-order valence-corrected chi connectivity index (χ0v) is 39.2. The zero-order chi connectivity index (χ0) is 42.4. The van der Waals surface area contributed by atoms with Crippen LogP contribution in [0.2, 0.25) is 0 Å². The monoisotopic (exact) mass is 820 g/mol. The van der Waals surface area contributed by atoms with Crippen molar-refractivity contribution in [2.75, 3.05) is 6.61 Å².